The highest BCUT2D eigenvalue weighted by molar-refractivity contribution is 5.77. The minimum atomic E-state index is -0.191. The Hall–Kier alpha value is -1.10. The molecule has 2 amide bonds. The van der Waals surface area contributed by atoms with Crippen molar-refractivity contribution < 1.29 is 14.5 Å². The van der Waals surface area contributed by atoms with Crippen LogP contribution >= 0.6 is 0 Å². The number of hydrogen-bond donors (Lipinski definition) is 3. The summed E-state index contributed by atoms with van der Waals surface area (Å²) in [6.45, 7) is 6.81. The third kappa shape index (κ3) is 4.43. The molecule has 0 aromatic heterocycles. The van der Waals surface area contributed by atoms with Crippen LogP contribution in [-0.2, 0) is 9.59 Å². The number of nitrogens with one attached hydrogen (secondary N) is 2. The number of hydrogen-bond acceptors (Lipinski definition) is 2. The summed E-state index contributed by atoms with van der Waals surface area (Å²) in [5, 5.41) is 3.23. The van der Waals surface area contributed by atoms with Gasteiger partial charge in [0, 0.05) is 24.8 Å². The first kappa shape index (κ1) is 16.3. The predicted octanol–water partition coefficient (Wildman–Crippen LogP) is -0.292. The molecule has 0 spiro atoms. The van der Waals surface area contributed by atoms with Crippen LogP contribution in [0, 0.1) is 17.8 Å². The van der Waals surface area contributed by atoms with E-state index in [1.165, 1.54) is 17.7 Å². The summed E-state index contributed by atoms with van der Waals surface area (Å²) in [5.74, 6) is 1.24. The van der Waals surface area contributed by atoms with Crippen LogP contribution in [0.15, 0.2) is 0 Å². The molecule has 5 nitrogen and oxygen atoms in total. The minimum absolute atomic E-state index is 0.0102. The molecule has 3 atom stereocenters. The van der Waals surface area contributed by atoms with Gasteiger partial charge >= 0.3 is 0 Å². The van der Waals surface area contributed by atoms with Gasteiger partial charge in [-0.1, -0.05) is 26.7 Å². The number of likely N-dealkylation sites (tertiary alicyclic amines) is 1. The predicted molar refractivity (Wildman–Crippen MR) is 81.6 cm³/mol. The van der Waals surface area contributed by atoms with Crippen molar-refractivity contribution in [2.75, 3.05) is 19.6 Å². The maximum Gasteiger partial charge on any atom is 0.275 e. The summed E-state index contributed by atoms with van der Waals surface area (Å²) in [7, 11) is 0. The number of primary amides is 1. The Kier molecular flexibility index (Phi) is 5.62. The van der Waals surface area contributed by atoms with Gasteiger partial charge in [0.05, 0.1) is 13.1 Å². The van der Waals surface area contributed by atoms with E-state index < -0.39 is 0 Å². The second-order valence-corrected chi connectivity index (χ2v) is 7.04. The van der Waals surface area contributed by atoms with Crippen molar-refractivity contribution in [3.05, 3.63) is 0 Å². The molecule has 21 heavy (non-hydrogen) atoms. The maximum absolute atomic E-state index is 12.2. The van der Waals surface area contributed by atoms with Crippen molar-refractivity contribution in [3.63, 3.8) is 0 Å². The van der Waals surface area contributed by atoms with Gasteiger partial charge in [-0.25, -0.2) is 0 Å². The highest BCUT2D eigenvalue weighted by Gasteiger charge is 2.30. The molecular weight excluding hydrogens is 266 g/mol. The molecule has 0 radical (unpaired) electrons. The Labute approximate surface area is 127 Å². The van der Waals surface area contributed by atoms with Crippen molar-refractivity contribution in [2.24, 2.45) is 23.5 Å². The number of nitrogens with two attached hydrogens (primary N) is 1. The normalized spacial score (nSPS) is 37.0. The molecule has 2 aliphatic rings. The number of piperidine rings is 1. The molecule has 0 aromatic carbocycles. The first-order valence-corrected chi connectivity index (χ1v) is 8.39. The zero-order valence-electron chi connectivity index (χ0n) is 13.4. The molecule has 0 bridgehead atoms. The second kappa shape index (κ2) is 7.25. The van der Waals surface area contributed by atoms with Gasteiger partial charge in [0.1, 0.15) is 0 Å². The lowest BCUT2D eigenvalue weighted by Crippen LogP contribution is -3.14. The monoisotopic (exact) mass is 296 g/mol. The van der Waals surface area contributed by atoms with Gasteiger partial charge in [0.15, 0.2) is 6.54 Å². The highest BCUT2D eigenvalue weighted by Crippen LogP contribution is 2.29. The van der Waals surface area contributed by atoms with Crippen LogP contribution in [0.5, 0.6) is 0 Å². The maximum atomic E-state index is 12.2. The quantitative estimate of drug-likeness (QED) is 0.666. The molecule has 0 unspecified atom stereocenters. The standard InChI is InChI=1S/C16H29N3O2/c1-11-4-3-5-14(12(11)2)18-15(20)10-19-8-6-13(7-9-19)16(17)21/h11-14H,3-10H2,1-2H3,(H2,17,21)(H,18,20)/p+1/t11-,12+,14-/m0/s1. The van der Waals surface area contributed by atoms with Crippen LogP contribution < -0.4 is 16.0 Å². The van der Waals surface area contributed by atoms with Crippen molar-refractivity contribution in [2.45, 2.75) is 52.0 Å². The molecule has 1 aliphatic heterocycles. The average molecular weight is 296 g/mol. The van der Waals surface area contributed by atoms with Crippen molar-refractivity contribution >= 4 is 11.8 Å². The zero-order chi connectivity index (χ0) is 15.4. The smallest absolute Gasteiger partial charge is 0.275 e. The Balaban J connectivity index is 1.74. The van der Waals surface area contributed by atoms with Gasteiger partial charge in [-0.2, -0.15) is 0 Å². The minimum Gasteiger partial charge on any atom is -0.369 e. The highest BCUT2D eigenvalue weighted by atomic mass is 16.2. The van der Waals surface area contributed by atoms with E-state index in [2.05, 4.69) is 19.2 Å². The summed E-state index contributed by atoms with van der Waals surface area (Å²) in [4.78, 5) is 24.6. The third-order valence-corrected chi connectivity index (χ3v) is 5.56. The Morgan fingerprint density at radius 1 is 1.14 bits per heavy atom. The van der Waals surface area contributed by atoms with Crippen LogP contribution in [0.2, 0.25) is 0 Å². The molecule has 4 N–H and O–H groups in total. The van der Waals surface area contributed by atoms with Crippen molar-refractivity contribution in [1.29, 1.82) is 0 Å². The molecule has 2 fully saturated rings. The summed E-state index contributed by atoms with van der Waals surface area (Å²) in [6, 6.07) is 0.337. The summed E-state index contributed by atoms with van der Waals surface area (Å²) in [5.41, 5.74) is 5.34. The fraction of sp³-hybridized carbons (Fsp3) is 0.875. The van der Waals surface area contributed by atoms with Gasteiger partial charge in [-0.15, -0.1) is 0 Å². The van der Waals surface area contributed by atoms with Crippen molar-refractivity contribution in [3.8, 4) is 0 Å². The van der Waals surface area contributed by atoms with Gasteiger partial charge in [-0.05, 0) is 18.3 Å². The number of carbonyl (C=O) groups excluding carboxylic acids is 2. The molecular formula is C16H30N3O2+. The van der Waals surface area contributed by atoms with E-state index in [4.69, 9.17) is 5.73 Å². The van der Waals surface area contributed by atoms with E-state index in [1.807, 2.05) is 0 Å². The largest absolute Gasteiger partial charge is 0.369 e. The SMILES string of the molecule is C[C@H]1[C@@H](NC(=O)C[NH+]2CCC(C(N)=O)CC2)CCC[C@@H]1C. The van der Waals surface area contributed by atoms with Crippen LogP contribution in [0.1, 0.15) is 46.0 Å². The number of carbonyl (C=O) groups is 2. The number of quaternary nitrogens is 1. The molecule has 5 heteroatoms. The summed E-state index contributed by atoms with van der Waals surface area (Å²) in [6.07, 6.45) is 5.23. The van der Waals surface area contributed by atoms with Gasteiger partial charge < -0.3 is 16.0 Å². The van der Waals surface area contributed by atoms with Crippen LogP contribution in [-0.4, -0.2) is 37.5 Å². The van der Waals surface area contributed by atoms with Gasteiger partial charge in [-0.3, -0.25) is 9.59 Å². The Bertz CT molecular complexity index is 378. The van der Waals surface area contributed by atoms with E-state index in [0.717, 1.165) is 32.4 Å². The fourth-order valence-corrected chi connectivity index (χ4v) is 3.76. The molecule has 0 aromatic rings. The van der Waals surface area contributed by atoms with E-state index in [9.17, 15) is 9.59 Å². The van der Waals surface area contributed by atoms with Crippen LogP contribution in [0.25, 0.3) is 0 Å². The first-order valence-electron chi connectivity index (χ1n) is 8.39. The zero-order valence-corrected chi connectivity index (χ0v) is 13.4. The molecule has 1 saturated heterocycles. The average Bonchev–Trinajstić information content (AvgIpc) is 2.44. The lowest BCUT2D eigenvalue weighted by Gasteiger charge is -2.35. The van der Waals surface area contributed by atoms with Gasteiger partial charge in [0.2, 0.25) is 5.91 Å². The summed E-state index contributed by atoms with van der Waals surface area (Å²) >= 11 is 0. The van der Waals surface area contributed by atoms with Crippen LogP contribution in [0.3, 0.4) is 0 Å². The molecule has 1 saturated carbocycles. The van der Waals surface area contributed by atoms with Gasteiger partial charge in [0.25, 0.3) is 5.91 Å². The van der Waals surface area contributed by atoms with E-state index in [0.29, 0.717) is 24.4 Å². The van der Waals surface area contributed by atoms with Crippen molar-refractivity contribution in [1.82, 2.24) is 5.32 Å². The second-order valence-electron chi connectivity index (χ2n) is 7.04. The number of amides is 2. The Morgan fingerprint density at radius 3 is 2.43 bits per heavy atom. The first-order chi connectivity index (χ1) is 9.97. The molecule has 120 valence electrons. The molecule has 2 rings (SSSR count). The Morgan fingerprint density at radius 2 is 1.81 bits per heavy atom. The topological polar surface area (TPSA) is 76.6 Å². The summed E-state index contributed by atoms with van der Waals surface area (Å²) < 4.78 is 0. The lowest BCUT2D eigenvalue weighted by molar-refractivity contribution is -0.897. The third-order valence-electron chi connectivity index (χ3n) is 5.56. The van der Waals surface area contributed by atoms with E-state index in [1.54, 1.807) is 0 Å². The fourth-order valence-electron chi connectivity index (χ4n) is 3.76. The van der Waals surface area contributed by atoms with E-state index >= 15 is 0 Å². The van der Waals surface area contributed by atoms with Crippen LogP contribution in [0.4, 0.5) is 0 Å². The molecule has 1 aliphatic carbocycles. The number of rotatable bonds is 4. The van der Waals surface area contributed by atoms with E-state index in [-0.39, 0.29) is 17.7 Å². The molecule has 1 heterocycles. The lowest BCUT2D eigenvalue weighted by atomic mass is 9.78.